The molecule has 1 saturated heterocycles. The van der Waals surface area contributed by atoms with E-state index in [0.717, 1.165) is 17.0 Å². The van der Waals surface area contributed by atoms with Crippen LogP contribution in [0.2, 0.25) is 0 Å². The van der Waals surface area contributed by atoms with Crippen molar-refractivity contribution < 1.29 is 14.1 Å². The van der Waals surface area contributed by atoms with Gasteiger partial charge in [-0.05, 0) is 24.3 Å². The molecule has 2 heterocycles. The lowest BCUT2D eigenvalue weighted by Gasteiger charge is -2.16. The fourth-order valence-corrected chi connectivity index (χ4v) is 2.99. The molecular weight excluding hydrogens is 318 g/mol. The summed E-state index contributed by atoms with van der Waals surface area (Å²) in [6, 6.07) is 17.1. The zero-order valence-corrected chi connectivity index (χ0v) is 13.8. The molecule has 1 amide bonds. The lowest BCUT2D eigenvalue weighted by molar-refractivity contribution is -0.117. The minimum Gasteiger partial charge on any atom is -0.497 e. The van der Waals surface area contributed by atoms with Crippen LogP contribution in [0, 0.1) is 0 Å². The Morgan fingerprint density at radius 1 is 1.12 bits per heavy atom. The Morgan fingerprint density at radius 3 is 2.60 bits per heavy atom. The van der Waals surface area contributed by atoms with E-state index in [1.54, 1.807) is 12.0 Å². The van der Waals surface area contributed by atoms with Crippen molar-refractivity contribution in [1.82, 2.24) is 10.1 Å². The van der Waals surface area contributed by atoms with E-state index in [9.17, 15) is 4.79 Å². The summed E-state index contributed by atoms with van der Waals surface area (Å²) in [5, 5.41) is 4.04. The monoisotopic (exact) mass is 335 g/mol. The first-order chi connectivity index (χ1) is 12.2. The molecule has 4 rings (SSSR count). The average Bonchev–Trinajstić information content (AvgIpc) is 3.29. The third-order valence-corrected chi connectivity index (χ3v) is 4.33. The van der Waals surface area contributed by atoms with Crippen LogP contribution in [0.5, 0.6) is 5.75 Å². The largest absolute Gasteiger partial charge is 0.497 e. The maximum absolute atomic E-state index is 12.4. The summed E-state index contributed by atoms with van der Waals surface area (Å²) in [5.41, 5.74) is 1.74. The number of methoxy groups -OCH3 is 1. The summed E-state index contributed by atoms with van der Waals surface area (Å²) in [5.74, 6) is 1.76. The van der Waals surface area contributed by atoms with Gasteiger partial charge < -0.3 is 14.2 Å². The van der Waals surface area contributed by atoms with Crippen molar-refractivity contribution in [2.75, 3.05) is 18.6 Å². The van der Waals surface area contributed by atoms with Crippen molar-refractivity contribution in [3.63, 3.8) is 0 Å². The number of benzene rings is 2. The molecule has 0 saturated carbocycles. The van der Waals surface area contributed by atoms with Crippen LogP contribution >= 0.6 is 0 Å². The number of amides is 1. The maximum atomic E-state index is 12.4. The van der Waals surface area contributed by atoms with Gasteiger partial charge in [-0.15, -0.1) is 0 Å². The van der Waals surface area contributed by atoms with Gasteiger partial charge in [-0.2, -0.15) is 4.98 Å². The molecule has 0 spiro atoms. The second kappa shape index (κ2) is 6.39. The van der Waals surface area contributed by atoms with Crippen molar-refractivity contribution in [3.05, 3.63) is 60.5 Å². The fraction of sp³-hybridized carbons (Fsp3) is 0.211. The third kappa shape index (κ3) is 2.98. The molecule has 1 atom stereocenters. The summed E-state index contributed by atoms with van der Waals surface area (Å²) in [6.07, 6.45) is 0.364. The van der Waals surface area contributed by atoms with Crippen molar-refractivity contribution in [1.29, 1.82) is 0 Å². The zero-order chi connectivity index (χ0) is 17.2. The van der Waals surface area contributed by atoms with Crippen LogP contribution in [-0.4, -0.2) is 29.7 Å². The van der Waals surface area contributed by atoms with Crippen LogP contribution in [0.3, 0.4) is 0 Å². The zero-order valence-electron chi connectivity index (χ0n) is 13.8. The smallest absolute Gasteiger partial charge is 0.232 e. The van der Waals surface area contributed by atoms with E-state index in [0.29, 0.717) is 24.7 Å². The molecule has 1 aromatic heterocycles. The Balaban J connectivity index is 1.53. The van der Waals surface area contributed by atoms with Crippen molar-refractivity contribution in [2.45, 2.75) is 12.3 Å². The predicted octanol–water partition coefficient (Wildman–Crippen LogP) is 3.27. The van der Waals surface area contributed by atoms with Crippen LogP contribution < -0.4 is 9.64 Å². The molecule has 6 nitrogen and oxygen atoms in total. The number of carbonyl (C=O) groups excluding carboxylic acids is 1. The minimum atomic E-state index is -0.0976. The van der Waals surface area contributed by atoms with E-state index in [1.807, 2.05) is 54.6 Å². The van der Waals surface area contributed by atoms with E-state index in [4.69, 9.17) is 9.26 Å². The number of ether oxygens (including phenoxy) is 1. The summed E-state index contributed by atoms with van der Waals surface area (Å²) in [6.45, 7) is 0.529. The Kier molecular flexibility index (Phi) is 3.93. The first-order valence-electron chi connectivity index (χ1n) is 8.08. The first kappa shape index (κ1) is 15.4. The highest BCUT2D eigenvalue weighted by Gasteiger charge is 2.35. The number of carbonyl (C=O) groups is 1. The van der Waals surface area contributed by atoms with Gasteiger partial charge in [0.1, 0.15) is 5.75 Å². The average molecular weight is 335 g/mol. The van der Waals surface area contributed by atoms with Gasteiger partial charge in [-0.1, -0.05) is 35.5 Å². The molecule has 0 N–H and O–H groups in total. The van der Waals surface area contributed by atoms with E-state index >= 15 is 0 Å². The molecular formula is C19H17N3O3. The molecule has 2 aromatic carbocycles. The molecule has 126 valence electrons. The standard InChI is InChI=1S/C19H17N3O3/c1-24-16-9-7-15(8-10-16)22-12-14(11-17(22)23)19-20-18(21-25-19)13-5-3-2-4-6-13/h2-10,14H,11-12H2,1H3. The molecule has 0 radical (unpaired) electrons. The van der Waals surface area contributed by atoms with Crippen molar-refractivity contribution in [2.24, 2.45) is 0 Å². The Labute approximate surface area is 145 Å². The number of aromatic nitrogens is 2. The summed E-state index contributed by atoms with van der Waals surface area (Å²) < 4.78 is 10.6. The molecule has 1 unspecified atom stereocenters. The topological polar surface area (TPSA) is 68.5 Å². The lowest BCUT2D eigenvalue weighted by atomic mass is 10.1. The summed E-state index contributed by atoms with van der Waals surface area (Å²) in [7, 11) is 1.62. The van der Waals surface area contributed by atoms with Gasteiger partial charge in [0.05, 0.1) is 13.0 Å². The highest BCUT2D eigenvalue weighted by molar-refractivity contribution is 5.96. The fourth-order valence-electron chi connectivity index (χ4n) is 2.99. The molecule has 1 aliphatic heterocycles. The molecule has 6 heteroatoms. The second-order valence-corrected chi connectivity index (χ2v) is 5.93. The SMILES string of the molecule is COc1ccc(N2CC(c3nc(-c4ccccc4)no3)CC2=O)cc1. The van der Waals surface area contributed by atoms with Gasteiger partial charge in [-0.3, -0.25) is 4.79 Å². The molecule has 1 fully saturated rings. The highest BCUT2D eigenvalue weighted by Crippen LogP contribution is 2.32. The lowest BCUT2D eigenvalue weighted by Crippen LogP contribution is -2.24. The normalized spacial score (nSPS) is 17.1. The molecule has 0 bridgehead atoms. The van der Waals surface area contributed by atoms with Crippen LogP contribution in [0.25, 0.3) is 11.4 Å². The molecule has 1 aliphatic rings. The van der Waals surface area contributed by atoms with E-state index < -0.39 is 0 Å². The predicted molar refractivity (Wildman–Crippen MR) is 92.4 cm³/mol. The van der Waals surface area contributed by atoms with Gasteiger partial charge in [-0.25, -0.2) is 0 Å². The van der Waals surface area contributed by atoms with Gasteiger partial charge in [0.25, 0.3) is 0 Å². The van der Waals surface area contributed by atoms with Gasteiger partial charge in [0.15, 0.2) is 0 Å². The Morgan fingerprint density at radius 2 is 1.88 bits per heavy atom. The van der Waals surface area contributed by atoms with Crippen molar-refractivity contribution >= 4 is 11.6 Å². The number of hydrogen-bond donors (Lipinski definition) is 0. The van der Waals surface area contributed by atoms with E-state index in [2.05, 4.69) is 10.1 Å². The summed E-state index contributed by atoms with van der Waals surface area (Å²) in [4.78, 5) is 18.6. The van der Waals surface area contributed by atoms with Gasteiger partial charge >= 0.3 is 0 Å². The number of anilines is 1. The third-order valence-electron chi connectivity index (χ3n) is 4.33. The Hall–Kier alpha value is -3.15. The van der Waals surface area contributed by atoms with Crippen LogP contribution in [0.15, 0.2) is 59.1 Å². The summed E-state index contributed by atoms with van der Waals surface area (Å²) >= 11 is 0. The van der Waals surface area contributed by atoms with Crippen LogP contribution in [0.1, 0.15) is 18.2 Å². The molecule has 0 aliphatic carbocycles. The highest BCUT2D eigenvalue weighted by atomic mass is 16.5. The van der Waals surface area contributed by atoms with E-state index in [1.165, 1.54) is 0 Å². The van der Waals surface area contributed by atoms with Crippen LogP contribution in [0.4, 0.5) is 5.69 Å². The number of rotatable bonds is 4. The number of nitrogens with zero attached hydrogens (tertiary/aromatic N) is 3. The quantitative estimate of drug-likeness (QED) is 0.732. The van der Waals surface area contributed by atoms with Crippen LogP contribution in [-0.2, 0) is 4.79 Å². The molecule has 25 heavy (non-hydrogen) atoms. The Bertz CT molecular complexity index is 874. The maximum Gasteiger partial charge on any atom is 0.232 e. The van der Waals surface area contributed by atoms with Gasteiger partial charge in [0, 0.05) is 24.2 Å². The minimum absolute atomic E-state index is 0.0506. The van der Waals surface area contributed by atoms with E-state index in [-0.39, 0.29) is 11.8 Å². The van der Waals surface area contributed by atoms with Gasteiger partial charge in [0.2, 0.25) is 17.6 Å². The second-order valence-electron chi connectivity index (χ2n) is 5.93. The molecule has 3 aromatic rings. The first-order valence-corrected chi connectivity index (χ1v) is 8.08. The van der Waals surface area contributed by atoms with Crippen molar-refractivity contribution in [3.8, 4) is 17.1 Å². The number of hydrogen-bond acceptors (Lipinski definition) is 5.